The predicted octanol–water partition coefficient (Wildman–Crippen LogP) is 1.09. The van der Waals surface area contributed by atoms with Gasteiger partial charge < -0.3 is 14.6 Å². The zero-order valence-corrected chi connectivity index (χ0v) is 9.77. The van der Waals surface area contributed by atoms with Crippen LogP contribution < -0.4 is 5.32 Å². The Bertz CT molecular complexity index is 344. The quantitative estimate of drug-likeness (QED) is 0.829. The van der Waals surface area contributed by atoms with Crippen molar-refractivity contribution in [3.63, 3.8) is 0 Å². The number of amides is 1. The maximum atomic E-state index is 12.1. The smallest absolute Gasteiger partial charge is 0.225 e. The molecule has 1 unspecified atom stereocenters. The third-order valence-electron chi connectivity index (χ3n) is 3.29. The molecule has 1 atom stereocenters. The van der Waals surface area contributed by atoms with Crippen molar-refractivity contribution in [3.8, 4) is 0 Å². The SMILES string of the molecule is CC(C(=O)N(C)Cc1ccoc1)C1CNC1. The number of rotatable bonds is 4. The Morgan fingerprint density at radius 1 is 1.69 bits per heavy atom. The van der Waals surface area contributed by atoms with Gasteiger partial charge >= 0.3 is 0 Å². The lowest BCUT2D eigenvalue weighted by atomic mass is 9.88. The van der Waals surface area contributed by atoms with Crippen LogP contribution in [-0.4, -0.2) is 30.9 Å². The van der Waals surface area contributed by atoms with Gasteiger partial charge in [0.1, 0.15) is 0 Å². The zero-order valence-electron chi connectivity index (χ0n) is 9.77. The average molecular weight is 222 g/mol. The van der Waals surface area contributed by atoms with Crippen LogP contribution in [0.15, 0.2) is 23.0 Å². The summed E-state index contributed by atoms with van der Waals surface area (Å²) in [6.07, 6.45) is 3.31. The van der Waals surface area contributed by atoms with Crippen LogP contribution in [0.3, 0.4) is 0 Å². The van der Waals surface area contributed by atoms with Crippen LogP contribution in [0, 0.1) is 11.8 Å². The van der Waals surface area contributed by atoms with Crippen LogP contribution in [0.25, 0.3) is 0 Å². The van der Waals surface area contributed by atoms with E-state index in [2.05, 4.69) is 5.32 Å². The molecular weight excluding hydrogens is 204 g/mol. The van der Waals surface area contributed by atoms with Gasteiger partial charge in [-0.15, -0.1) is 0 Å². The molecule has 0 aliphatic carbocycles. The van der Waals surface area contributed by atoms with Crippen molar-refractivity contribution in [1.29, 1.82) is 0 Å². The summed E-state index contributed by atoms with van der Waals surface area (Å²) in [6, 6.07) is 1.89. The zero-order chi connectivity index (χ0) is 11.5. The molecule has 2 rings (SSSR count). The van der Waals surface area contributed by atoms with Crippen LogP contribution in [0.5, 0.6) is 0 Å². The molecule has 4 heteroatoms. The van der Waals surface area contributed by atoms with Crippen molar-refractivity contribution in [1.82, 2.24) is 10.2 Å². The maximum absolute atomic E-state index is 12.1. The lowest BCUT2D eigenvalue weighted by molar-refractivity contribution is -0.136. The molecule has 0 aromatic carbocycles. The van der Waals surface area contributed by atoms with Crippen LogP contribution in [0.2, 0.25) is 0 Å². The van der Waals surface area contributed by atoms with E-state index < -0.39 is 0 Å². The summed E-state index contributed by atoms with van der Waals surface area (Å²) in [5.41, 5.74) is 1.04. The molecule has 1 fully saturated rings. The largest absolute Gasteiger partial charge is 0.472 e. The van der Waals surface area contributed by atoms with Crippen molar-refractivity contribution >= 4 is 5.91 Å². The Morgan fingerprint density at radius 3 is 2.94 bits per heavy atom. The van der Waals surface area contributed by atoms with Crippen LogP contribution in [-0.2, 0) is 11.3 Å². The fraction of sp³-hybridized carbons (Fsp3) is 0.583. The first-order valence-electron chi connectivity index (χ1n) is 5.65. The number of nitrogens with zero attached hydrogens (tertiary/aromatic N) is 1. The minimum absolute atomic E-state index is 0.109. The van der Waals surface area contributed by atoms with Crippen LogP contribution in [0.4, 0.5) is 0 Å². The van der Waals surface area contributed by atoms with Gasteiger partial charge in [0.15, 0.2) is 0 Å². The molecule has 88 valence electrons. The molecule has 0 bridgehead atoms. The van der Waals surface area contributed by atoms with E-state index in [9.17, 15) is 4.79 Å². The molecule has 1 N–H and O–H groups in total. The summed E-state index contributed by atoms with van der Waals surface area (Å²) in [5.74, 6) is 0.824. The van der Waals surface area contributed by atoms with Gasteiger partial charge in [-0.1, -0.05) is 6.92 Å². The van der Waals surface area contributed by atoms with E-state index in [-0.39, 0.29) is 11.8 Å². The second-order valence-corrected chi connectivity index (χ2v) is 4.53. The predicted molar refractivity (Wildman–Crippen MR) is 60.7 cm³/mol. The van der Waals surface area contributed by atoms with E-state index in [0.717, 1.165) is 18.7 Å². The number of carbonyl (C=O) groups is 1. The summed E-state index contributed by atoms with van der Waals surface area (Å²) in [6.45, 7) is 4.57. The molecule has 0 radical (unpaired) electrons. The Hall–Kier alpha value is -1.29. The highest BCUT2D eigenvalue weighted by atomic mass is 16.3. The topological polar surface area (TPSA) is 45.5 Å². The van der Waals surface area contributed by atoms with E-state index >= 15 is 0 Å². The summed E-state index contributed by atoms with van der Waals surface area (Å²) >= 11 is 0. The van der Waals surface area contributed by atoms with E-state index in [1.54, 1.807) is 17.4 Å². The molecule has 1 saturated heterocycles. The average Bonchev–Trinajstić information content (AvgIpc) is 2.66. The normalized spacial score (nSPS) is 17.9. The first kappa shape index (κ1) is 11.2. The minimum atomic E-state index is 0.109. The number of nitrogens with one attached hydrogen (secondary N) is 1. The minimum Gasteiger partial charge on any atom is -0.472 e. The molecule has 0 spiro atoms. The fourth-order valence-corrected chi connectivity index (χ4v) is 1.95. The lowest BCUT2D eigenvalue weighted by Gasteiger charge is -2.33. The number of furan rings is 1. The van der Waals surface area contributed by atoms with Gasteiger partial charge in [0, 0.05) is 25.1 Å². The van der Waals surface area contributed by atoms with Gasteiger partial charge in [-0.25, -0.2) is 0 Å². The Kier molecular flexibility index (Phi) is 3.29. The molecule has 0 saturated carbocycles. The summed E-state index contributed by atoms with van der Waals surface area (Å²) in [5, 5.41) is 3.20. The summed E-state index contributed by atoms with van der Waals surface area (Å²) in [7, 11) is 1.85. The van der Waals surface area contributed by atoms with Gasteiger partial charge in [-0.2, -0.15) is 0 Å². The molecule has 1 aromatic rings. The molecule has 16 heavy (non-hydrogen) atoms. The molecule has 1 aliphatic heterocycles. The van der Waals surface area contributed by atoms with Gasteiger partial charge in [0.2, 0.25) is 5.91 Å². The van der Waals surface area contributed by atoms with Gasteiger partial charge in [0.05, 0.1) is 12.5 Å². The lowest BCUT2D eigenvalue weighted by Crippen LogP contribution is -2.49. The molecule has 1 amide bonds. The number of carbonyl (C=O) groups excluding carboxylic acids is 1. The third-order valence-corrected chi connectivity index (χ3v) is 3.29. The highest BCUT2D eigenvalue weighted by molar-refractivity contribution is 5.78. The van der Waals surface area contributed by atoms with Crippen LogP contribution >= 0.6 is 0 Å². The summed E-state index contributed by atoms with van der Waals surface area (Å²) in [4.78, 5) is 13.8. The first-order chi connectivity index (χ1) is 7.68. The Morgan fingerprint density at radius 2 is 2.44 bits per heavy atom. The molecule has 1 aromatic heterocycles. The van der Waals surface area contributed by atoms with Crippen LogP contribution in [0.1, 0.15) is 12.5 Å². The van der Waals surface area contributed by atoms with E-state index in [4.69, 9.17) is 4.42 Å². The highest BCUT2D eigenvalue weighted by Crippen LogP contribution is 2.18. The van der Waals surface area contributed by atoms with Crippen molar-refractivity contribution in [2.45, 2.75) is 13.5 Å². The summed E-state index contributed by atoms with van der Waals surface area (Å²) < 4.78 is 4.99. The van der Waals surface area contributed by atoms with Crippen molar-refractivity contribution in [3.05, 3.63) is 24.2 Å². The molecular formula is C12H18N2O2. The fourth-order valence-electron chi connectivity index (χ4n) is 1.95. The van der Waals surface area contributed by atoms with Crippen molar-refractivity contribution in [2.24, 2.45) is 11.8 Å². The third kappa shape index (κ3) is 2.27. The number of hydrogen-bond donors (Lipinski definition) is 1. The second kappa shape index (κ2) is 4.70. The van der Waals surface area contributed by atoms with E-state index in [1.165, 1.54) is 0 Å². The van der Waals surface area contributed by atoms with E-state index in [1.807, 2.05) is 20.0 Å². The van der Waals surface area contributed by atoms with Crippen molar-refractivity contribution in [2.75, 3.05) is 20.1 Å². The van der Waals surface area contributed by atoms with Crippen molar-refractivity contribution < 1.29 is 9.21 Å². The van der Waals surface area contributed by atoms with Gasteiger partial charge in [-0.3, -0.25) is 4.79 Å². The maximum Gasteiger partial charge on any atom is 0.225 e. The number of hydrogen-bond acceptors (Lipinski definition) is 3. The highest BCUT2D eigenvalue weighted by Gasteiger charge is 2.30. The monoisotopic (exact) mass is 222 g/mol. The van der Waals surface area contributed by atoms with Gasteiger partial charge in [-0.05, 0) is 25.1 Å². The Balaban J connectivity index is 1.88. The van der Waals surface area contributed by atoms with Gasteiger partial charge in [0.25, 0.3) is 0 Å². The Labute approximate surface area is 95.6 Å². The second-order valence-electron chi connectivity index (χ2n) is 4.53. The standard InChI is InChI=1S/C12H18N2O2/c1-9(11-5-13-6-11)12(15)14(2)7-10-3-4-16-8-10/h3-4,8-9,11,13H,5-7H2,1-2H3. The molecule has 4 nitrogen and oxygen atoms in total. The molecule has 2 heterocycles. The first-order valence-corrected chi connectivity index (χ1v) is 5.65. The van der Waals surface area contributed by atoms with E-state index in [0.29, 0.717) is 12.5 Å². The molecule has 1 aliphatic rings.